The highest BCUT2D eigenvalue weighted by atomic mass is 79.9. The molecule has 0 aliphatic rings. The van der Waals surface area contributed by atoms with Gasteiger partial charge in [0.2, 0.25) is 0 Å². The summed E-state index contributed by atoms with van der Waals surface area (Å²) in [5.41, 5.74) is 1.95. The van der Waals surface area contributed by atoms with E-state index in [1.165, 1.54) is 0 Å². The van der Waals surface area contributed by atoms with E-state index in [1.807, 2.05) is 62.5 Å². The number of para-hydroxylation sites is 1. The van der Waals surface area contributed by atoms with Gasteiger partial charge in [-0.25, -0.2) is 0 Å². The van der Waals surface area contributed by atoms with Crippen molar-refractivity contribution in [3.05, 3.63) is 58.6 Å². The van der Waals surface area contributed by atoms with Gasteiger partial charge in [-0.3, -0.25) is 4.79 Å². The van der Waals surface area contributed by atoms with Crippen LogP contribution in [0.3, 0.4) is 0 Å². The summed E-state index contributed by atoms with van der Waals surface area (Å²) in [5.74, 6) is 0.847. The molecule has 0 heterocycles. The molecule has 122 valence electrons. The van der Waals surface area contributed by atoms with Crippen molar-refractivity contribution >= 4 is 27.5 Å². The van der Waals surface area contributed by atoms with Crippen LogP contribution in [0, 0.1) is 6.92 Å². The van der Waals surface area contributed by atoms with Crippen molar-refractivity contribution in [2.75, 3.05) is 32.1 Å². The van der Waals surface area contributed by atoms with Crippen molar-refractivity contribution in [2.24, 2.45) is 0 Å². The average Bonchev–Trinajstić information content (AvgIpc) is 2.51. The maximum Gasteiger partial charge on any atom is 0.279 e. The van der Waals surface area contributed by atoms with Crippen LogP contribution in [-0.2, 0) is 4.79 Å². The molecular weight excluding hydrogens is 356 g/mol. The van der Waals surface area contributed by atoms with E-state index in [-0.39, 0.29) is 5.91 Å². The van der Waals surface area contributed by atoms with Crippen LogP contribution >= 0.6 is 15.9 Å². The Morgan fingerprint density at radius 3 is 2.65 bits per heavy atom. The van der Waals surface area contributed by atoms with Crippen LogP contribution in [0.1, 0.15) is 5.56 Å². The number of anilines is 1. The Balaban J connectivity index is 1.74. The van der Waals surface area contributed by atoms with Gasteiger partial charge in [0.05, 0.1) is 12.7 Å². The highest BCUT2D eigenvalue weighted by Gasteiger charge is 2.11. The highest BCUT2D eigenvalue weighted by molar-refractivity contribution is 9.10. The summed E-state index contributed by atoms with van der Waals surface area (Å²) < 4.78 is 6.55. The Labute approximate surface area is 145 Å². The maximum atomic E-state index is 12.1. The van der Waals surface area contributed by atoms with Gasteiger partial charge >= 0.3 is 0 Å². The minimum Gasteiger partial charge on any atom is -0.488 e. The lowest BCUT2D eigenvalue weighted by atomic mass is 10.2. The standard InChI is InChI=1S/C18H21BrN2O2/c1-14-8-9-17(16(19)12-14)20-18(22)13-21(2)10-11-23-15-6-4-3-5-7-15/h3-9,12H,10-11,13H2,1-2H3,(H,20,22)/p+1. The highest BCUT2D eigenvalue weighted by Crippen LogP contribution is 2.22. The zero-order valence-electron chi connectivity index (χ0n) is 13.4. The SMILES string of the molecule is Cc1ccc(NC(=O)C[NH+](C)CCOc2ccccc2)c(Br)c1. The van der Waals surface area contributed by atoms with E-state index in [1.54, 1.807) is 0 Å². The topological polar surface area (TPSA) is 42.8 Å². The van der Waals surface area contributed by atoms with Crippen LogP contribution in [0.2, 0.25) is 0 Å². The second-order valence-corrected chi connectivity index (χ2v) is 6.43. The predicted molar refractivity (Wildman–Crippen MR) is 96.1 cm³/mol. The first-order valence-electron chi connectivity index (χ1n) is 7.60. The fourth-order valence-corrected chi connectivity index (χ4v) is 2.73. The van der Waals surface area contributed by atoms with Gasteiger partial charge in [-0.05, 0) is 52.7 Å². The molecule has 4 nitrogen and oxygen atoms in total. The third kappa shape index (κ3) is 6.04. The summed E-state index contributed by atoms with van der Waals surface area (Å²) in [4.78, 5) is 13.2. The smallest absolute Gasteiger partial charge is 0.279 e. The Bertz CT molecular complexity index is 647. The molecule has 0 fully saturated rings. The molecule has 0 bridgehead atoms. The third-order valence-electron chi connectivity index (χ3n) is 3.40. The van der Waals surface area contributed by atoms with Crippen LogP contribution in [0.4, 0.5) is 5.69 Å². The maximum absolute atomic E-state index is 12.1. The molecule has 2 N–H and O–H groups in total. The summed E-state index contributed by atoms with van der Waals surface area (Å²) in [5, 5.41) is 2.93. The van der Waals surface area contributed by atoms with Gasteiger partial charge in [0.15, 0.2) is 6.54 Å². The molecule has 0 aromatic heterocycles. The number of carbonyl (C=O) groups is 1. The molecule has 2 aromatic carbocycles. The molecule has 0 spiro atoms. The molecule has 0 saturated carbocycles. The molecule has 2 aromatic rings. The third-order valence-corrected chi connectivity index (χ3v) is 4.06. The lowest BCUT2D eigenvalue weighted by Crippen LogP contribution is -3.10. The lowest BCUT2D eigenvalue weighted by Gasteiger charge is -2.15. The van der Waals surface area contributed by atoms with Crippen molar-refractivity contribution in [1.82, 2.24) is 0 Å². The predicted octanol–water partition coefficient (Wildman–Crippen LogP) is 2.29. The van der Waals surface area contributed by atoms with E-state index in [9.17, 15) is 4.79 Å². The minimum atomic E-state index is -0.00763. The number of nitrogens with one attached hydrogen (secondary N) is 2. The number of hydrogen-bond donors (Lipinski definition) is 2. The first-order valence-corrected chi connectivity index (χ1v) is 8.39. The van der Waals surface area contributed by atoms with Crippen LogP contribution < -0.4 is 15.0 Å². The summed E-state index contributed by atoms with van der Waals surface area (Å²) >= 11 is 3.47. The monoisotopic (exact) mass is 377 g/mol. The zero-order valence-corrected chi connectivity index (χ0v) is 15.0. The number of quaternary nitrogens is 1. The van der Waals surface area contributed by atoms with Crippen molar-refractivity contribution < 1.29 is 14.4 Å². The van der Waals surface area contributed by atoms with Crippen molar-refractivity contribution in [3.63, 3.8) is 0 Å². The molecular formula is C18H22BrN2O2+. The molecule has 1 unspecified atom stereocenters. The number of likely N-dealkylation sites (N-methyl/N-ethyl adjacent to an activating group) is 1. The molecule has 0 aliphatic carbocycles. The van der Waals surface area contributed by atoms with E-state index in [2.05, 4.69) is 21.2 Å². The lowest BCUT2D eigenvalue weighted by molar-refractivity contribution is -0.871. The number of halogens is 1. The van der Waals surface area contributed by atoms with E-state index in [0.717, 1.165) is 32.9 Å². The van der Waals surface area contributed by atoms with Gasteiger partial charge in [-0.1, -0.05) is 24.3 Å². The van der Waals surface area contributed by atoms with Crippen LogP contribution in [0.25, 0.3) is 0 Å². The molecule has 0 saturated heterocycles. The van der Waals surface area contributed by atoms with Crippen molar-refractivity contribution in [3.8, 4) is 5.75 Å². The van der Waals surface area contributed by atoms with Crippen molar-refractivity contribution in [2.45, 2.75) is 6.92 Å². The van der Waals surface area contributed by atoms with Gasteiger partial charge < -0.3 is 15.0 Å². The average molecular weight is 378 g/mol. The Morgan fingerprint density at radius 1 is 1.22 bits per heavy atom. The van der Waals surface area contributed by atoms with Gasteiger partial charge in [-0.15, -0.1) is 0 Å². The van der Waals surface area contributed by atoms with Crippen molar-refractivity contribution in [1.29, 1.82) is 0 Å². The molecule has 5 heteroatoms. The van der Waals surface area contributed by atoms with E-state index >= 15 is 0 Å². The molecule has 0 radical (unpaired) electrons. The van der Waals surface area contributed by atoms with Gasteiger partial charge in [0, 0.05) is 4.47 Å². The number of ether oxygens (including phenoxy) is 1. The molecule has 1 atom stereocenters. The first kappa shape index (κ1) is 17.5. The van der Waals surface area contributed by atoms with Gasteiger partial charge in [0.25, 0.3) is 5.91 Å². The van der Waals surface area contributed by atoms with Crippen LogP contribution in [0.15, 0.2) is 53.0 Å². The Hall–Kier alpha value is -1.85. The first-order chi connectivity index (χ1) is 11.0. The van der Waals surface area contributed by atoms with Gasteiger partial charge in [0.1, 0.15) is 18.9 Å². The number of hydrogen-bond acceptors (Lipinski definition) is 2. The fourth-order valence-electron chi connectivity index (χ4n) is 2.14. The van der Waals surface area contributed by atoms with E-state index < -0.39 is 0 Å². The van der Waals surface area contributed by atoms with Crippen LogP contribution in [-0.4, -0.2) is 32.7 Å². The molecule has 0 aliphatic heterocycles. The fraction of sp³-hybridized carbons (Fsp3) is 0.278. The van der Waals surface area contributed by atoms with Gasteiger partial charge in [-0.2, -0.15) is 0 Å². The quantitative estimate of drug-likeness (QED) is 0.777. The largest absolute Gasteiger partial charge is 0.488 e. The number of aryl methyl sites for hydroxylation is 1. The molecule has 1 amide bonds. The Morgan fingerprint density at radius 2 is 1.96 bits per heavy atom. The second kappa shape index (κ2) is 8.70. The number of amides is 1. The molecule has 23 heavy (non-hydrogen) atoms. The second-order valence-electron chi connectivity index (χ2n) is 5.58. The molecule has 2 rings (SSSR count). The summed E-state index contributed by atoms with van der Waals surface area (Å²) in [6.07, 6.45) is 0. The van der Waals surface area contributed by atoms with E-state index in [4.69, 9.17) is 4.74 Å². The zero-order chi connectivity index (χ0) is 16.7. The number of rotatable bonds is 7. The number of benzene rings is 2. The van der Waals surface area contributed by atoms with Crippen LogP contribution in [0.5, 0.6) is 5.75 Å². The Kier molecular flexibility index (Phi) is 6.62. The minimum absolute atomic E-state index is 0.00763. The summed E-state index contributed by atoms with van der Waals surface area (Å²) in [7, 11) is 1.98. The van der Waals surface area contributed by atoms with E-state index in [0.29, 0.717) is 13.2 Å². The summed E-state index contributed by atoms with van der Waals surface area (Å²) in [6.45, 7) is 3.76. The number of carbonyl (C=O) groups excluding carboxylic acids is 1. The summed E-state index contributed by atoms with van der Waals surface area (Å²) in [6, 6.07) is 15.6. The normalized spacial score (nSPS) is 11.8.